The van der Waals surface area contributed by atoms with Gasteiger partial charge < -0.3 is 4.74 Å². The molecule has 0 saturated carbocycles. The van der Waals surface area contributed by atoms with Gasteiger partial charge in [0, 0.05) is 6.20 Å². The summed E-state index contributed by atoms with van der Waals surface area (Å²) in [5.74, 6) is 0.575. The third kappa shape index (κ3) is 4.09. The van der Waals surface area contributed by atoms with Crippen molar-refractivity contribution in [1.82, 2.24) is 9.71 Å². The Balaban J connectivity index is 2.36. The molecule has 0 spiro atoms. The molecule has 0 bridgehead atoms. The molecule has 0 saturated heterocycles. The van der Waals surface area contributed by atoms with Crippen molar-refractivity contribution in [2.24, 2.45) is 0 Å². The number of methoxy groups -OCH3 is 1. The molecule has 0 fully saturated rings. The summed E-state index contributed by atoms with van der Waals surface area (Å²) in [6.45, 7) is 6.16. The highest BCUT2D eigenvalue weighted by atomic mass is 32.2. The molecule has 5 nitrogen and oxygen atoms in total. The fourth-order valence-electron chi connectivity index (χ4n) is 2.42. The van der Waals surface area contributed by atoms with E-state index in [1.54, 1.807) is 30.5 Å². The summed E-state index contributed by atoms with van der Waals surface area (Å²) in [5, 5.41) is 0. The maximum Gasteiger partial charge on any atom is 0.244 e. The Morgan fingerprint density at radius 2 is 2.00 bits per heavy atom. The van der Waals surface area contributed by atoms with Gasteiger partial charge in [0.2, 0.25) is 10.0 Å². The van der Waals surface area contributed by atoms with Crippen LogP contribution in [0.5, 0.6) is 5.75 Å². The van der Waals surface area contributed by atoms with Crippen LogP contribution in [0, 0.1) is 6.92 Å². The van der Waals surface area contributed by atoms with Crippen molar-refractivity contribution >= 4 is 10.0 Å². The zero-order valence-corrected chi connectivity index (χ0v) is 14.6. The van der Waals surface area contributed by atoms with Crippen molar-refractivity contribution in [3.63, 3.8) is 0 Å². The number of nitrogens with zero attached hydrogens (tertiary/aromatic N) is 1. The lowest BCUT2D eigenvalue weighted by Crippen LogP contribution is -2.24. The Morgan fingerprint density at radius 3 is 2.57 bits per heavy atom. The Hall–Kier alpha value is -1.92. The minimum atomic E-state index is -3.69. The molecular formula is C17H22N2O3S. The van der Waals surface area contributed by atoms with E-state index in [0.29, 0.717) is 11.4 Å². The lowest BCUT2D eigenvalue weighted by atomic mass is 9.98. The molecule has 0 radical (unpaired) electrons. The Morgan fingerprint density at radius 1 is 1.26 bits per heavy atom. The topological polar surface area (TPSA) is 68.3 Å². The summed E-state index contributed by atoms with van der Waals surface area (Å²) < 4.78 is 33.2. The molecule has 1 heterocycles. The molecule has 1 aromatic heterocycles. The first-order valence-electron chi connectivity index (χ1n) is 7.43. The fourth-order valence-corrected chi connectivity index (χ4v) is 3.60. The number of sulfonamides is 1. The average Bonchev–Trinajstić information content (AvgIpc) is 2.53. The van der Waals surface area contributed by atoms with Crippen molar-refractivity contribution in [3.8, 4) is 5.75 Å². The highest BCUT2D eigenvalue weighted by molar-refractivity contribution is 7.89. The van der Waals surface area contributed by atoms with Gasteiger partial charge in [0.25, 0.3) is 0 Å². The quantitative estimate of drug-likeness (QED) is 0.882. The molecular weight excluding hydrogens is 312 g/mol. The van der Waals surface area contributed by atoms with E-state index in [-0.39, 0.29) is 17.4 Å². The number of aryl methyl sites for hydroxylation is 1. The van der Waals surface area contributed by atoms with Gasteiger partial charge in [-0.15, -0.1) is 0 Å². The molecule has 0 aliphatic rings. The summed E-state index contributed by atoms with van der Waals surface area (Å²) in [4.78, 5) is 4.28. The Labute approximate surface area is 137 Å². The molecule has 0 amide bonds. The molecule has 0 aliphatic carbocycles. The van der Waals surface area contributed by atoms with E-state index in [1.165, 1.54) is 7.11 Å². The zero-order chi connectivity index (χ0) is 17.0. The lowest BCUT2D eigenvalue weighted by molar-refractivity contribution is 0.401. The van der Waals surface area contributed by atoms with Gasteiger partial charge in [-0.05, 0) is 48.2 Å². The maximum absolute atomic E-state index is 12.7. The number of hydrogen-bond donors (Lipinski definition) is 1. The second-order valence-electron chi connectivity index (χ2n) is 5.66. The molecule has 6 heteroatoms. The second kappa shape index (κ2) is 7.10. The number of pyridine rings is 1. The molecule has 0 aliphatic heterocycles. The fraction of sp³-hybridized carbons (Fsp3) is 0.353. The van der Waals surface area contributed by atoms with E-state index in [1.807, 2.05) is 26.8 Å². The molecule has 23 heavy (non-hydrogen) atoms. The van der Waals surface area contributed by atoms with Crippen LogP contribution in [0.15, 0.2) is 41.4 Å². The first-order valence-corrected chi connectivity index (χ1v) is 8.91. The highest BCUT2D eigenvalue weighted by Crippen LogP contribution is 2.31. The standard InChI is InChI=1S/C17H22N2O3S/c1-12(2)15-10-17(16(22-4)9-13(15)3)23(20,21)19-11-14-7-5-6-8-18-14/h5-10,12,19H,11H2,1-4H3. The Bertz CT molecular complexity index is 772. The number of ether oxygens (including phenoxy) is 1. The predicted octanol–water partition coefficient (Wildman–Crippen LogP) is 3.00. The molecule has 1 aromatic carbocycles. The van der Waals surface area contributed by atoms with Crippen molar-refractivity contribution in [2.45, 2.75) is 38.1 Å². The summed E-state index contributed by atoms with van der Waals surface area (Å²) in [6.07, 6.45) is 1.63. The minimum absolute atomic E-state index is 0.136. The van der Waals surface area contributed by atoms with Crippen molar-refractivity contribution < 1.29 is 13.2 Å². The summed E-state index contributed by atoms with van der Waals surface area (Å²) in [7, 11) is -2.22. The molecule has 124 valence electrons. The molecule has 0 atom stereocenters. The summed E-state index contributed by atoms with van der Waals surface area (Å²) >= 11 is 0. The van der Waals surface area contributed by atoms with Crippen LogP contribution in [0.3, 0.4) is 0 Å². The van der Waals surface area contributed by atoms with Gasteiger partial charge in [0.15, 0.2) is 0 Å². The van der Waals surface area contributed by atoms with Gasteiger partial charge in [-0.1, -0.05) is 19.9 Å². The second-order valence-corrected chi connectivity index (χ2v) is 7.40. The monoisotopic (exact) mass is 334 g/mol. The summed E-state index contributed by atoms with van der Waals surface area (Å²) in [5.41, 5.74) is 2.66. The highest BCUT2D eigenvalue weighted by Gasteiger charge is 2.22. The number of hydrogen-bond acceptors (Lipinski definition) is 4. The normalized spacial score (nSPS) is 11.7. The van der Waals surface area contributed by atoms with Crippen LogP contribution < -0.4 is 9.46 Å². The maximum atomic E-state index is 12.7. The van der Waals surface area contributed by atoms with E-state index in [9.17, 15) is 8.42 Å². The van der Waals surface area contributed by atoms with E-state index in [2.05, 4.69) is 9.71 Å². The van der Waals surface area contributed by atoms with Crippen molar-refractivity contribution in [3.05, 3.63) is 53.3 Å². The molecule has 1 N–H and O–H groups in total. The van der Waals surface area contributed by atoms with Gasteiger partial charge in [-0.3, -0.25) is 4.98 Å². The van der Waals surface area contributed by atoms with E-state index in [4.69, 9.17) is 4.74 Å². The van der Waals surface area contributed by atoms with E-state index >= 15 is 0 Å². The van der Waals surface area contributed by atoms with Crippen LogP contribution in [0.25, 0.3) is 0 Å². The van der Waals surface area contributed by atoms with Gasteiger partial charge in [-0.25, -0.2) is 13.1 Å². The summed E-state index contributed by atoms with van der Waals surface area (Å²) in [6, 6.07) is 8.84. The molecule has 2 aromatic rings. The molecule has 0 unspecified atom stereocenters. The third-order valence-electron chi connectivity index (χ3n) is 3.63. The van der Waals surface area contributed by atoms with Crippen molar-refractivity contribution in [1.29, 1.82) is 0 Å². The van der Waals surface area contributed by atoms with Crippen LogP contribution in [-0.4, -0.2) is 20.5 Å². The minimum Gasteiger partial charge on any atom is -0.495 e. The van der Waals surface area contributed by atoms with E-state index < -0.39 is 10.0 Å². The van der Waals surface area contributed by atoms with Gasteiger partial charge in [-0.2, -0.15) is 0 Å². The van der Waals surface area contributed by atoms with Crippen molar-refractivity contribution in [2.75, 3.05) is 7.11 Å². The van der Waals surface area contributed by atoms with Crippen LogP contribution in [0.4, 0.5) is 0 Å². The first kappa shape index (κ1) is 17.4. The third-order valence-corrected chi connectivity index (χ3v) is 5.06. The van der Waals surface area contributed by atoms with Crippen LogP contribution in [-0.2, 0) is 16.6 Å². The first-order chi connectivity index (χ1) is 10.8. The van der Waals surface area contributed by atoms with Gasteiger partial charge >= 0.3 is 0 Å². The lowest BCUT2D eigenvalue weighted by Gasteiger charge is -2.16. The largest absolute Gasteiger partial charge is 0.495 e. The average molecular weight is 334 g/mol. The van der Waals surface area contributed by atoms with Crippen LogP contribution in [0.2, 0.25) is 0 Å². The van der Waals surface area contributed by atoms with Crippen LogP contribution in [0.1, 0.15) is 36.6 Å². The van der Waals surface area contributed by atoms with Gasteiger partial charge in [0.1, 0.15) is 10.6 Å². The van der Waals surface area contributed by atoms with Gasteiger partial charge in [0.05, 0.1) is 19.3 Å². The van der Waals surface area contributed by atoms with E-state index in [0.717, 1.165) is 11.1 Å². The Kier molecular flexibility index (Phi) is 5.38. The number of benzene rings is 1. The number of rotatable bonds is 6. The molecule has 2 rings (SSSR count). The smallest absolute Gasteiger partial charge is 0.244 e. The number of nitrogens with one attached hydrogen (secondary N) is 1. The predicted molar refractivity (Wildman–Crippen MR) is 90.1 cm³/mol. The SMILES string of the molecule is COc1cc(C)c(C(C)C)cc1S(=O)(=O)NCc1ccccn1. The van der Waals surface area contributed by atoms with Crippen LogP contribution >= 0.6 is 0 Å². The zero-order valence-electron chi connectivity index (χ0n) is 13.8. The number of aromatic nitrogens is 1.